The van der Waals surface area contributed by atoms with Crippen LogP contribution in [0.3, 0.4) is 0 Å². The summed E-state index contributed by atoms with van der Waals surface area (Å²) in [6.07, 6.45) is 4.45. The maximum atomic E-state index is 12.7. The van der Waals surface area contributed by atoms with Gasteiger partial charge in [-0.3, -0.25) is 19.5 Å². The lowest BCUT2D eigenvalue weighted by molar-refractivity contribution is -0.147. The third kappa shape index (κ3) is 1.97. The number of hydrogen-bond acceptors (Lipinski definition) is 3. The summed E-state index contributed by atoms with van der Waals surface area (Å²) in [6.45, 7) is 4.41. The number of carbonyl (C=O) groups excluding carboxylic acids is 2. The second-order valence-electron chi connectivity index (χ2n) is 5.59. The molecule has 2 aliphatic heterocycles. The lowest BCUT2D eigenvalue weighted by Gasteiger charge is -2.45. The van der Waals surface area contributed by atoms with Crippen LogP contribution in [0.1, 0.15) is 31.9 Å². The van der Waals surface area contributed by atoms with Crippen molar-refractivity contribution in [3.05, 3.63) is 24.0 Å². The Labute approximate surface area is 118 Å². The van der Waals surface area contributed by atoms with Crippen LogP contribution in [0.4, 0.5) is 5.69 Å². The predicted molar refractivity (Wildman–Crippen MR) is 75.3 cm³/mol. The van der Waals surface area contributed by atoms with Gasteiger partial charge in [0.25, 0.3) is 5.91 Å². The molecule has 5 heteroatoms. The summed E-state index contributed by atoms with van der Waals surface area (Å²) in [6, 6.07) is 3.00. The largest absolute Gasteiger partial charge is 0.329 e. The predicted octanol–water partition coefficient (Wildman–Crippen LogP) is 1.51. The van der Waals surface area contributed by atoms with E-state index in [4.69, 9.17) is 0 Å². The molecule has 0 radical (unpaired) electrons. The monoisotopic (exact) mass is 273 g/mol. The molecule has 2 saturated heterocycles. The number of aryl methyl sites for hydroxylation is 1. The van der Waals surface area contributed by atoms with Gasteiger partial charge >= 0.3 is 0 Å². The van der Waals surface area contributed by atoms with Gasteiger partial charge in [0.1, 0.15) is 12.1 Å². The summed E-state index contributed by atoms with van der Waals surface area (Å²) in [4.78, 5) is 32.8. The van der Waals surface area contributed by atoms with Crippen molar-refractivity contribution in [3.63, 3.8) is 0 Å². The molecule has 2 amide bonds. The first kappa shape index (κ1) is 13.1. The Kier molecular flexibility index (Phi) is 3.20. The number of aromatic nitrogens is 1. The van der Waals surface area contributed by atoms with Crippen molar-refractivity contribution in [2.75, 3.05) is 11.4 Å². The second kappa shape index (κ2) is 4.89. The summed E-state index contributed by atoms with van der Waals surface area (Å²) in [5.74, 6) is 0.0809. The molecule has 3 rings (SSSR count). The number of pyridine rings is 1. The molecule has 3 heterocycles. The molecule has 0 aromatic carbocycles. The van der Waals surface area contributed by atoms with E-state index >= 15 is 0 Å². The molecule has 1 aromatic rings. The van der Waals surface area contributed by atoms with Gasteiger partial charge < -0.3 is 4.90 Å². The van der Waals surface area contributed by atoms with E-state index in [0.29, 0.717) is 12.2 Å². The first-order valence-corrected chi connectivity index (χ1v) is 7.16. The van der Waals surface area contributed by atoms with Crippen molar-refractivity contribution in [3.8, 4) is 0 Å². The van der Waals surface area contributed by atoms with E-state index in [1.54, 1.807) is 22.9 Å². The summed E-state index contributed by atoms with van der Waals surface area (Å²) in [7, 11) is 0. The van der Waals surface area contributed by atoms with Gasteiger partial charge in [0.05, 0.1) is 11.9 Å². The van der Waals surface area contributed by atoms with Crippen LogP contribution in [-0.2, 0) is 9.59 Å². The van der Waals surface area contributed by atoms with Crippen LogP contribution in [0.15, 0.2) is 18.3 Å². The zero-order chi connectivity index (χ0) is 14.3. The molecule has 2 aliphatic rings. The van der Waals surface area contributed by atoms with Gasteiger partial charge in [-0.15, -0.1) is 0 Å². The standard InChI is InChI=1S/C15H19N3O2/c1-10-6-7-12(9-16-10)18-11(2)14(19)17-8-4-3-5-13(17)15(18)20/h6-7,9,11,13H,3-5,8H2,1-2H3. The molecule has 0 aliphatic carbocycles. The van der Waals surface area contributed by atoms with Crippen LogP contribution in [0.5, 0.6) is 0 Å². The Balaban J connectivity index is 1.96. The van der Waals surface area contributed by atoms with Crippen molar-refractivity contribution < 1.29 is 9.59 Å². The van der Waals surface area contributed by atoms with Gasteiger partial charge in [-0.1, -0.05) is 0 Å². The van der Waals surface area contributed by atoms with E-state index in [0.717, 1.165) is 25.0 Å². The first-order chi connectivity index (χ1) is 9.59. The molecule has 0 spiro atoms. The highest BCUT2D eigenvalue weighted by molar-refractivity contribution is 6.08. The number of rotatable bonds is 1. The Morgan fingerprint density at radius 1 is 1.20 bits per heavy atom. The third-order valence-corrected chi connectivity index (χ3v) is 4.23. The number of piperidine rings is 1. The highest BCUT2D eigenvalue weighted by Crippen LogP contribution is 2.29. The quantitative estimate of drug-likeness (QED) is 0.779. The minimum absolute atomic E-state index is 0.0300. The number of piperazine rings is 1. The van der Waals surface area contributed by atoms with Gasteiger partial charge in [-0.2, -0.15) is 0 Å². The Morgan fingerprint density at radius 3 is 2.70 bits per heavy atom. The molecule has 2 atom stereocenters. The molecule has 5 nitrogen and oxygen atoms in total. The Hall–Kier alpha value is -1.91. The fourth-order valence-corrected chi connectivity index (χ4v) is 3.11. The summed E-state index contributed by atoms with van der Waals surface area (Å²) >= 11 is 0. The summed E-state index contributed by atoms with van der Waals surface area (Å²) in [5.41, 5.74) is 1.61. The molecule has 106 valence electrons. The molecule has 0 bridgehead atoms. The average Bonchev–Trinajstić information content (AvgIpc) is 2.47. The van der Waals surface area contributed by atoms with E-state index in [2.05, 4.69) is 4.98 Å². The zero-order valence-corrected chi connectivity index (χ0v) is 11.9. The smallest absolute Gasteiger partial charge is 0.250 e. The zero-order valence-electron chi connectivity index (χ0n) is 11.9. The van der Waals surface area contributed by atoms with Crippen molar-refractivity contribution in [1.82, 2.24) is 9.88 Å². The Morgan fingerprint density at radius 2 is 2.00 bits per heavy atom. The highest BCUT2D eigenvalue weighted by atomic mass is 16.2. The van der Waals surface area contributed by atoms with Crippen molar-refractivity contribution >= 4 is 17.5 Å². The maximum absolute atomic E-state index is 12.7. The lowest BCUT2D eigenvalue weighted by atomic mass is 9.95. The molecule has 0 saturated carbocycles. The van der Waals surface area contributed by atoms with Crippen LogP contribution in [0.25, 0.3) is 0 Å². The van der Waals surface area contributed by atoms with Gasteiger partial charge in [0, 0.05) is 12.2 Å². The lowest BCUT2D eigenvalue weighted by Crippen LogP contribution is -2.65. The number of hydrogen-bond donors (Lipinski definition) is 0. The summed E-state index contributed by atoms with van der Waals surface area (Å²) < 4.78 is 0. The van der Waals surface area contributed by atoms with Crippen LogP contribution >= 0.6 is 0 Å². The van der Waals surface area contributed by atoms with Gasteiger partial charge in [0.15, 0.2) is 0 Å². The normalized spacial score (nSPS) is 26.7. The fourth-order valence-electron chi connectivity index (χ4n) is 3.11. The molecular formula is C15H19N3O2. The number of amides is 2. The van der Waals surface area contributed by atoms with Crippen LogP contribution in [0.2, 0.25) is 0 Å². The van der Waals surface area contributed by atoms with Gasteiger partial charge in [-0.05, 0) is 45.2 Å². The first-order valence-electron chi connectivity index (χ1n) is 7.16. The van der Waals surface area contributed by atoms with E-state index in [9.17, 15) is 9.59 Å². The maximum Gasteiger partial charge on any atom is 0.250 e. The van der Waals surface area contributed by atoms with Crippen LogP contribution < -0.4 is 4.90 Å². The van der Waals surface area contributed by atoms with E-state index in [1.165, 1.54) is 0 Å². The molecule has 20 heavy (non-hydrogen) atoms. The van der Waals surface area contributed by atoms with Crippen molar-refractivity contribution in [1.29, 1.82) is 0 Å². The molecule has 0 N–H and O–H groups in total. The highest BCUT2D eigenvalue weighted by Gasteiger charge is 2.45. The minimum Gasteiger partial charge on any atom is -0.329 e. The molecule has 1 aromatic heterocycles. The number of nitrogens with zero attached hydrogens (tertiary/aromatic N) is 3. The van der Waals surface area contributed by atoms with E-state index in [1.807, 2.05) is 19.1 Å². The number of carbonyl (C=O) groups is 2. The number of fused-ring (bicyclic) bond motifs is 1. The third-order valence-electron chi connectivity index (χ3n) is 4.23. The van der Waals surface area contributed by atoms with Crippen LogP contribution in [0, 0.1) is 6.92 Å². The fraction of sp³-hybridized carbons (Fsp3) is 0.533. The molecule has 2 unspecified atom stereocenters. The second-order valence-corrected chi connectivity index (χ2v) is 5.59. The Bertz CT molecular complexity index is 541. The van der Waals surface area contributed by atoms with Crippen molar-refractivity contribution in [2.45, 2.75) is 45.2 Å². The van der Waals surface area contributed by atoms with Crippen LogP contribution in [-0.4, -0.2) is 40.3 Å². The SMILES string of the molecule is Cc1ccc(N2C(=O)C3CCCCN3C(=O)C2C)cn1. The van der Waals surface area contributed by atoms with Crippen molar-refractivity contribution in [2.24, 2.45) is 0 Å². The van der Waals surface area contributed by atoms with Gasteiger partial charge in [-0.25, -0.2) is 0 Å². The van der Waals surface area contributed by atoms with Gasteiger partial charge in [0.2, 0.25) is 5.91 Å². The number of anilines is 1. The average molecular weight is 273 g/mol. The van der Waals surface area contributed by atoms with E-state index in [-0.39, 0.29) is 17.9 Å². The minimum atomic E-state index is -0.443. The molecular weight excluding hydrogens is 254 g/mol. The summed E-state index contributed by atoms with van der Waals surface area (Å²) in [5, 5.41) is 0. The van der Waals surface area contributed by atoms with E-state index < -0.39 is 6.04 Å². The topological polar surface area (TPSA) is 53.5 Å². The molecule has 2 fully saturated rings.